The van der Waals surface area contributed by atoms with Crippen LogP contribution in [0.15, 0.2) is 23.2 Å². The van der Waals surface area contributed by atoms with Gasteiger partial charge in [-0.25, -0.2) is 4.99 Å². The lowest BCUT2D eigenvalue weighted by Gasteiger charge is -2.14. The molecule has 0 bridgehead atoms. The Morgan fingerprint density at radius 1 is 1.15 bits per heavy atom. The van der Waals surface area contributed by atoms with Gasteiger partial charge in [-0.2, -0.15) is 0 Å². The highest BCUT2D eigenvalue weighted by Gasteiger charge is 2.16. The van der Waals surface area contributed by atoms with Gasteiger partial charge in [-0.15, -0.1) is 0 Å². The fourth-order valence-electron chi connectivity index (χ4n) is 3.16. The van der Waals surface area contributed by atoms with Crippen LogP contribution in [0.4, 0.5) is 0 Å². The summed E-state index contributed by atoms with van der Waals surface area (Å²) < 4.78 is 10.6. The molecule has 7 heteroatoms. The second kappa shape index (κ2) is 11.3. The van der Waals surface area contributed by atoms with Gasteiger partial charge in [-0.1, -0.05) is 18.9 Å². The van der Waals surface area contributed by atoms with Gasteiger partial charge in [0.15, 0.2) is 17.5 Å². The van der Waals surface area contributed by atoms with E-state index in [1.165, 1.54) is 12.8 Å². The summed E-state index contributed by atoms with van der Waals surface area (Å²) >= 11 is 0. The zero-order valence-corrected chi connectivity index (χ0v) is 16.6. The Hall–Kier alpha value is -2.44. The van der Waals surface area contributed by atoms with Crippen molar-refractivity contribution in [3.63, 3.8) is 0 Å². The van der Waals surface area contributed by atoms with Crippen LogP contribution in [-0.4, -0.2) is 45.2 Å². The van der Waals surface area contributed by atoms with Gasteiger partial charge in [0.25, 0.3) is 0 Å². The number of amides is 1. The van der Waals surface area contributed by atoms with E-state index >= 15 is 0 Å². The first-order chi connectivity index (χ1) is 13.2. The third-order valence-electron chi connectivity index (χ3n) is 4.58. The first-order valence-corrected chi connectivity index (χ1v) is 9.68. The molecule has 1 aromatic carbocycles. The Kier molecular flexibility index (Phi) is 8.74. The first kappa shape index (κ1) is 20.9. The molecule has 1 amide bonds. The van der Waals surface area contributed by atoms with E-state index in [-0.39, 0.29) is 5.91 Å². The summed E-state index contributed by atoms with van der Waals surface area (Å²) in [5.74, 6) is 2.18. The number of hydrogen-bond acceptors (Lipinski definition) is 4. The Bertz CT molecular complexity index is 628. The maximum Gasteiger partial charge on any atom is 0.221 e. The van der Waals surface area contributed by atoms with E-state index in [4.69, 9.17) is 9.47 Å². The minimum Gasteiger partial charge on any atom is -0.493 e. The number of methoxy groups -OCH3 is 2. The number of nitrogens with one attached hydrogen (secondary N) is 3. The van der Waals surface area contributed by atoms with E-state index in [2.05, 4.69) is 20.9 Å². The second-order valence-electron chi connectivity index (χ2n) is 6.61. The molecular formula is C20H32N4O3. The van der Waals surface area contributed by atoms with Gasteiger partial charge < -0.3 is 25.4 Å². The fraction of sp³-hybridized carbons (Fsp3) is 0.600. The van der Waals surface area contributed by atoms with Gasteiger partial charge in [-0.05, 0) is 37.5 Å². The molecule has 1 aliphatic carbocycles. The molecule has 0 spiro atoms. The smallest absolute Gasteiger partial charge is 0.221 e. The van der Waals surface area contributed by atoms with E-state index in [1.54, 1.807) is 14.2 Å². The maximum atomic E-state index is 12.0. The van der Waals surface area contributed by atoms with Crippen molar-refractivity contribution in [2.75, 3.05) is 27.3 Å². The Balaban J connectivity index is 1.83. The van der Waals surface area contributed by atoms with Crippen LogP contribution in [0.3, 0.4) is 0 Å². The molecule has 2 rings (SSSR count). The predicted octanol–water partition coefficient (Wildman–Crippen LogP) is 2.21. The van der Waals surface area contributed by atoms with E-state index in [1.807, 2.05) is 25.1 Å². The van der Waals surface area contributed by atoms with Gasteiger partial charge in [0.2, 0.25) is 5.91 Å². The van der Waals surface area contributed by atoms with Crippen LogP contribution in [0.1, 0.15) is 44.6 Å². The number of carbonyl (C=O) groups excluding carboxylic acids is 1. The monoisotopic (exact) mass is 376 g/mol. The van der Waals surface area contributed by atoms with Crippen LogP contribution >= 0.6 is 0 Å². The third-order valence-corrected chi connectivity index (χ3v) is 4.58. The lowest BCUT2D eigenvalue weighted by molar-refractivity contribution is -0.121. The average molecular weight is 377 g/mol. The van der Waals surface area contributed by atoms with E-state index in [0.29, 0.717) is 43.0 Å². The van der Waals surface area contributed by atoms with Crippen LogP contribution in [0, 0.1) is 0 Å². The van der Waals surface area contributed by atoms with Crippen LogP contribution in [0.25, 0.3) is 0 Å². The highest BCUT2D eigenvalue weighted by Crippen LogP contribution is 2.27. The number of hydrogen-bond donors (Lipinski definition) is 3. The molecular weight excluding hydrogens is 344 g/mol. The SMILES string of the molecule is CCNC(=NCc1ccc(OC)c(OC)c1)NCCC(=O)NC1CCCC1. The summed E-state index contributed by atoms with van der Waals surface area (Å²) in [7, 11) is 3.24. The van der Waals surface area contributed by atoms with Crippen molar-refractivity contribution in [3.05, 3.63) is 23.8 Å². The molecule has 0 aliphatic heterocycles. The summed E-state index contributed by atoms with van der Waals surface area (Å²) in [6.45, 7) is 3.83. The van der Waals surface area contributed by atoms with Gasteiger partial charge in [-0.3, -0.25) is 4.79 Å². The summed E-state index contributed by atoms with van der Waals surface area (Å²) in [4.78, 5) is 16.6. The van der Waals surface area contributed by atoms with Crippen molar-refractivity contribution in [1.29, 1.82) is 0 Å². The molecule has 150 valence electrons. The number of rotatable bonds is 9. The van der Waals surface area contributed by atoms with Crippen LogP contribution in [-0.2, 0) is 11.3 Å². The van der Waals surface area contributed by atoms with Crippen molar-refractivity contribution in [2.24, 2.45) is 4.99 Å². The summed E-state index contributed by atoms with van der Waals surface area (Å²) in [5, 5.41) is 9.52. The molecule has 0 unspecified atom stereocenters. The third kappa shape index (κ3) is 7.00. The van der Waals surface area contributed by atoms with Crippen LogP contribution in [0.2, 0.25) is 0 Å². The Morgan fingerprint density at radius 3 is 2.56 bits per heavy atom. The van der Waals surface area contributed by atoms with Crippen molar-refractivity contribution in [1.82, 2.24) is 16.0 Å². The molecule has 1 aliphatic rings. The quantitative estimate of drug-likeness (QED) is 0.455. The second-order valence-corrected chi connectivity index (χ2v) is 6.61. The molecule has 7 nitrogen and oxygen atoms in total. The molecule has 27 heavy (non-hydrogen) atoms. The van der Waals surface area contributed by atoms with Crippen molar-refractivity contribution in [2.45, 2.75) is 51.6 Å². The van der Waals surface area contributed by atoms with E-state index in [9.17, 15) is 4.79 Å². The Labute approximate surface area is 161 Å². The minimum atomic E-state index is 0.102. The zero-order chi connectivity index (χ0) is 19.5. The normalized spacial score (nSPS) is 14.7. The maximum absolute atomic E-state index is 12.0. The number of ether oxygens (including phenoxy) is 2. The van der Waals surface area contributed by atoms with E-state index in [0.717, 1.165) is 24.9 Å². The molecule has 1 fully saturated rings. The molecule has 0 aromatic heterocycles. The highest BCUT2D eigenvalue weighted by atomic mass is 16.5. The van der Waals surface area contributed by atoms with E-state index < -0.39 is 0 Å². The number of benzene rings is 1. The average Bonchev–Trinajstić information content (AvgIpc) is 3.18. The summed E-state index contributed by atoms with van der Waals surface area (Å²) in [6, 6.07) is 6.12. The van der Waals surface area contributed by atoms with Gasteiger partial charge in [0, 0.05) is 25.6 Å². The molecule has 3 N–H and O–H groups in total. The molecule has 1 saturated carbocycles. The predicted molar refractivity (Wildman–Crippen MR) is 107 cm³/mol. The van der Waals surface area contributed by atoms with Crippen LogP contribution < -0.4 is 25.4 Å². The van der Waals surface area contributed by atoms with Gasteiger partial charge in [0.1, 0.15) is 0 Å². The number of aliphatic imine (C=N–C) groups is 1. The number of nitrogens with zero attached hydrogens (tertiary/aromatic N) is 1. The number of guanidine groups is 1. The van der Waals surface area contributed by atoms with Gasteiger partial charge in [0.05, 0.1) is 20.8 Å². The topological polar surface area (TPSA) is 84.0 Å². The van der Waals surface area contributed by atoms with Gasteiger partial charge >= 0.3 is 0 Å². The molecule has 0 atom stereocenters. The van der Waals surface area contributed by atoms with Crippen molar-refractivity contribution < 1.29 is 14.3 Å². The van der Waals surface area contributed by atoms with Crippen molar-refractivity contribution >= 4 is 11.9 Å². The van der Waals surface area contributed by atoms with Crippen molar-refractivity contribution in [3.8, 4) is 11.5 Å². The fourth-order valence-corrected chi connectivity index (χ4v) is 3.16. The standard InChI is InChI=1S/C20H32N4O3/c1-4-21-20(22-12-11-19(25)24-16-7-5-6-8-16)23-14-15-9-10-17(26-2)18(13-15)27-3/h9-10,13,16H,4-8,11-12,14H2,1-3H3,(H,24,25)(H2,21,22,23). The minimum absolute atomic E-state index is 0.102. The lowest BCUT2D eigenvalue weighted by atomic mass is 10.2. The zero-order valence-electron chi connectivity index (χ0n) is 16.6. The largest absolute Gasteiger partial charge is 0.493 e. The summed E-state index contributed by atoms with van der Waals surface area (Å²) in [5.41, 5.74) is 1.02. The van der Waals surface area contributed by atoms with Crippen LogP contribution in [0.5, 0.6) is 11.5 Å². The Morgan fingerprint density at radius 2 is 1.89 bits per heavy atom. The first-order valence-electron chi connectivity index (χ1n) is 9.68. The molecule has 0 saturated heterocycles. The lowest BCUT2D eigenvalue weighted by Crippen LogP contribution is -2.40. The molecule has 1 aromatic rings. The molecule has 0 heterocycles. The highest BCUT2D eigenvalue weighted by molar-refractivity contribution is 5.81. The molecule has 0 radical (unpaired) electrons. The summed E-state index contributed by atoms with van der Waals surface area (Å²) in [6.07, 6.45) is 5.09. The number of carbonyl (C=O) groups is 1.